The van der Waals surface area contributed by atoms with Gasteiger partial charge in [0.2, 0.25) is 0 Å². The first-order chi connectivity index (χ1) is 10.7. The second-order valence-electron chi connectivity index (χ2n) is 5.10. The van der Waals surface area contributed by atoms with Gasteiger partial charge in [-0.1, -0.05) is 12.1 Å². The van der Waals surface area contributed by atoms with Crippen LogP contribution in [-0.2, 0) is 7.05 Å². The third-order valence-corrected chi connectivity index (χ3v) is 3.78. The fraction of sp³-hybridized carbons (Fsp3) is 0.0625. The molecule has 0 spiro atoms. The normalized spacial score (nSPS) is 11.1. The van der Waals surface area contributed by atoms with E-state index in [1.165, 1.54) is 4.57 Å². The molecule has 3 heterocycles. The largest absolute Gasteiger partial charge is 0.355 e. The molecule has 0 aliphatic heterocycles. The van der Waals surface area contributed by atoms with Crippen LogP contribution in [0.1, 0.15) is 0 Å². The molecule has 1 aromatic carbocycles. The van der Waals surface area contributed by atoms with Gasteiger partial charge in [0.15, 0.2) is 5.82 Å². The number of rotatable bonds is 2. The predicted octanol–water partition coefficient (Wildman–Crippen LogP) is 2.32. The SMILES string of the molecule is Cn1c(-c2cccc3[nH]c(-c4ccncc4)cc23)n[nH]c1=O. The summed E-state index contributed by atoms with van der Waals surface area (Å²) >= 11 is 0. The average Bonchev–Trinajstić information content (AvgIpc) is 3.13. The summed E-state index contributed by atoms with van der Waals surface area (Å²) in [6, 6.07) is 11.9. The second-order valence-corrected chi connectivity index (χ2v) is 5.10. The van der Waals surface area contributed by atoms with E-state index in [4.69, 9.17) is 0 Å². The quantitative estimate of drug-likeness (QED) is 0.595. The first kappa shape index (κ1) is 12.6. The average molecular weight is 291 g/mol. The Hall–Kier alpha value is -3.15. The first-order valence-corrected chi connectivity index (χ1v) is 6.88. The summed E-state index contributed by atoms with van der Waals surface area (Å²) in [4.78, 5) is 19.0. The Labute approximate surface area is 125 Å². The number of H-pyrrole nitrogens is 2. The molecule has 0 fully saturated rings. The van der Waals surface area contributed by atoms with E-state index in [2.05, 4.69) is 26.2 Å². The zero-order valence-corrected chi connectivity index (χ0v) is 11.9. The molecule has 0 aliphatic rings. The van der Waals surface area contributed by atoms with Crippen molar-refractivity contribution >= 4 is 10.9 Å². The van der Waals surface area contributed by atoms with E-state index in [0.29, 0.717) is 5.82 Å². The van der Waals surface area contributed by atoms with Crippen molar-refractivity contribution in [3.05, 3.63) is 59.3 Å². The molecule has 0 radical (unpaired) electrons. The van der Waals surface area contributed by atoms with E-state index in [9.17, 15) is 4.79 Å². The summed E-state index contributed by atoms with van der Waals surface area (Å²) in [7, 11) is 1.70. The summed E-state index contributed by atoms with van der Waals surface area (Å²) < 4.78 is 1.51. The molecule has 22 heavy (non-hydrogen) atoms. The molecule has 4 aromatic rings. The van der Waals surface area contributed by atoms with Crippen LogP contribution in [0.3, 0.4) is 0 Å². The van der Waals surface area contributed by atoms with Gasteiger partial charge in [-0.25, -0.2) is 9.89 Å². The topological polar surface area (TPSA) is 79.4 Å². The maximum Gasteiger partial charge on any atom is 0.343 e. The van der Waals surface area contributed by atoms with Crippen molar-refractivity contribution in [2.24, 2.45) is 7.05 Å². The van der Waals surface area contributed by atoms with Crippen LogP contribution in [0, 0.1) is 0 Å². The van der Waals surface area contributed by atoms with Crippen molar-refractivity contribution < 1.29 is 0 Å². The second kappa shape index (κ2) is 4.70. The predicted molar refractivity (Wildman–Crippen MR) is 84.4 cm³/mol. The lowest BCUT2D eigenvalue weighted by molar-refractivity contribution is 0.870. The van der Waals surface area contributed by atoms with Gasteiger partial charge in [-0.15, -0.1) is 0 Å². The van der Waals surface area contributed by atoms with Gasteiger partial charge in [0.05, 0.1) is 0 Å². The molecule has 108 valence electrons. The summed E-state index contributed by atoms with van der Waals surface area (Å²) in [6.45, 7) is 0. The van der Waals surface area contributed by atoms with Crippen LogP contribution in [0.25, 0.3) is 33.5 Å². The molecule has 0 aliphatic carbocycles. The molecule has 6 heteroatoms. The molecule has 6 nitrogen and oxygen atoms in total. The molecular formula is C16H13N5O. The molecule has 4 rings (SSSR count). The van der Waals surface area contributed by atoms with Crippen LogP contribution in [0.15, 0.2) is 53.6 Å². The third kappa shape index (κ3) is 1.85. The van der Waals surface area contributed by atoms with Crippen LogP contribution in [-0.4, -0.2) is 24.7 Å². The van der Waals surface area contributed by atoms with Crippen molar-refractivity contribution in [1.82, 2.24) is 24.7 Å². The van der Waals surface area contributed by atoms with Crippen molar-refractivity contribution in [1.29, 1.82) is 0 Å². The Bertz CT molecular complexity index is 1010. The number of aromatic nitrogens is 5. The van der Waals surface area contributed by atoms with Gasteiger partial charge in [0, 0.05) is 47.2 Å². The van der Waals surface area contributed by atoms with E-state index >= 15 is 0 Å². The van der Waals surface area contributed by atoms with Gasteiger partial charge in [-0.2, -0.15) is 5.10 Å². The van der Waals surface area contributed by atoms with Gasteiger partial charge in [0.25, 0.3) is 0 Å². The molecular weight excluding hydrogens is 278 g/mol. The molecule has 0 saturated carbocycles. The van der Waals surface area contributed by atoms with Gasteiger partial charge in [0.1, 0.15) is 0 Å². The number of nitrogens with one attached hydrogen (secondary N) is 2. The highest BCUT2D eigenvalue weighted by Gasteiger charge is 2.13. The summed E-state index contributed by atoms with van der Waals surface area (Å²) in [5, 5.41) is 7.62. The highest BCUT2D eigenvalue weighted by atomic mass is 16.1. The Balaban J connectivity index is 1.96. The minimum absolute atomic E-state index is 0.225. The minimum Gasteiger partial charge on any atom is -0.355 e. The smallest absolute Gasteiger partial charge is 0.343 e. The lowest BCUT2D eigenvalue weighted by Crippen LogP contribution is -2.13. The maximum absolute atomic E-state index is 11.6. The van der Waals surface area contributed by atoms with E-state index < -0.39 is 0 Å². The van der Waals surface area contributed by atoms with Gasteiger partial charge in [-0.05, 0) is 24.3 Å². The maximum atomic E-state index is 11.6. The molecule has 0 bridgehead atoms. The van der Waals surface area contributed by atoms with Crippen LogP contribution in [0.2, 0.25) is 0 Å². The van der Waals surface area contributed by atoms with E-state index in [0.717, 1.165) is 27.7 Å². The summed E-state index contributed by atoms with van der Waals surface area (Å²) in [5.74, 6) is 0.621. The summed E-state index contributed by atoms with van der Waals surface area (Å²) in [5.41, 5.74) is 3.75. The van der Waals surface area contributed by atoms with Crippen LogP contribution < -0.4 is 5.69 Å². The minimum atomic E-state index is -0.225. The zero-order valence-electron chi connectivity index (χ0n) is 11.9. The number of pyridine rings is 1. The number of hydrogen-bond acceptors (Lipinski definition) is 3. The Kier molecular flexibility index (Phi) is 2.69. The molecule has 2 N–H and O–H groups in total. The lowest BCUT2D eigenvalue weighted by atomic mass is 10.1. The monoisotopic (exact) mass is 291 g/mol. The van der Waals surface area contributed by atoms with Gasteiger partial charge in [-0.3, -0.25) is 9.55 Å². The van der Waals surface area contributed by atoms with Crippen LogP contribution in [0.4, 0.5) is 0 Å². The summed E-state index contributed by atoms with van der Waals surface area (Å²) in [6.07, 6.45) is 3.53. The Morgan fingerprint density at radius 3 is 2.68 bits per heavy atom. The third-order valence-electron chi connectivity index (χ3n) is 3.78. The van der Waals surface area contributed by atoms with Gasteiger partial charge >= 0.3 is 5.69 Å². The van der Waals surface area contributed by atoms with Crippen molar-refractivity contribution in [2.45, 2.75) is 0 Å². The van der Waals surface area contributed by atoms with Crippen molar-refractivity contribution in [3.63, 3.8) is 0 Å². The highest BCUT2D eigenvalue weighted by molar-refractivity contribution is 5.96. The van der Waals surface area contributed by atoms with Crippen molar-refractivity contribution in [2.75, 3.05) is 0 Å². The van der Waals surface area contributed by atoms with E-state index in [-0.39, 0.29) is 5.69 Å². The van der Waals surface area contributed by atoms with E-state index in [1.54, 1.807) is 19.4 Å². The number of fused-ring (bicyclic) bond motifs is 1. The molecule has 0 unspecified atom stereocenters. The Morgan fingerprint density at radius 1 is 1.14 bits per heavy atom. The van der Waals surface area contributed by atoms with Crippen LogP contribution in [0.5, 0.6) is 0 Å². The molecule has 0 amide bonds. The standard InChI is InChI=1S/C16H13N5O/c1-21-15(19-20-16(21)22)11-3-2-4-13-12(11)9-14(18-13)10-5-7-17-8-6-10/h2-9,18H,1H3,(H,20,22). The number of nitrogens with zero attached hydrogens (tertiary/aromatic N) is 3. The number of aromatic amines is 2. The van der Waals surface area contributed by atoms with E-state index in [1.807, 2.05) is 30.3 Å². The fourth-order valence-corrected chi connectivity index (χ4v) is 2.63. The molecule has 0 saturated heterocycles. The number of hydrogen-bond donors (Lipinski definition) is 2. The van der Waals surface area contributed by atoms with Crippen LogP contribution >= 0.6 is 0 Å². The number of benzene rings is 1. The Morgan fingerprint density at radius 2 is 1.95 bits per heavy atom. The van der Waals surface area contributed by atoms with Gasteiger partial charge < -0.3 is 4.98 Å². The van der Waals surface area contributed by atoms with Crippen molar-refractivity contribution in [3.8, 4) is 22.6 Å². The molecule has 3 aromatic heterocycles. The lowest BCUT2D eigenvalue weighted by Gasteiger charge is -2.01. The first-order valence-electron chi connectivity index (χ1n) is 6.88. The zero-order chi connectivity index (χ0) is 15.1. The molecule has 0 atom stereocenters. The fourth-order valence-electron chi connectivity index (χ4n) is 2.63. The highest BCUT2D eigenvalue weighted by Crippen LogP contribution is 2.30.